The summed E-state index contributed by atoms with van der Waals surface area (Å²) in [4.78, 5) is 22.9. The zero-order valence-electron chi connectivity index (χ0n) is 10.4. The number of aryl methyl sites for hydroxylation is 1. The summed E-state index contributed by atoms with van der Waals surface area (Å²) in [7, 11) is 0. The van der Waals surface area contributed by atoms with E-state index in [1.165, 1.54) is 10.9 Å². The van der Waals surface area contributed by atoms with E-state index in [9.17, 15) is 9.59 Å². The number of primary amides is 1. The number of rotatable bonds is 6. The molecule has 6 nitrogen and oxygen atoms in total. The molecule has 0 aromatic carbocycles. The number of aromatic nitrogens is 2. The van der Waals surface area contributed by atoms with Crippen molar-refractivity contribution in [1.29, 1.82) is 0 Å². The Balaban J connectivity index is 2.94. The predicted octanol–water partition coefficient (Wildman–Crippen LogP) is 1.09. The summed E-state index contributed by atoms with van der Waals surface area (Å²) < 4.78 is 1.76. The maximum absolute atomic E-state index is 11.9. The van der Waals surface area contributed by atoms with Crippen LogP contribution in [-0.2, 0) is 11.3 Å². The molecule has 0 bridgehead atoms. The minimum absolute atomic E-state index is 0.217. The molecule has 0 saturated heterocycles. The van der Waals surface area contributed by atoms with Gasteiger partial charge in [-0.05, 0) is 29.3 Å². The van der Waals surface area contributed by atoms with E-state index in [-0.39, 0.29) is 5.56 Å². The fourth-order valence-corrected chi connectivity index (χ4v) is 1.76. The van der Waals surface area contributed by atoms with Crippen LogP contribution in [0.15, 0.2) is 15.5 Å². The van der Waals surface area contributed by atoms with Crippen LogP contribution in [0.3, 0.4) is 0 Å². The van der Waals surface area contributed by atoms with Gasteiger partial charge in [0.25, 0.3) is 5.56 Å². The van der Waals surface area contributed by atoms with Crippen molar-refractivity contribution in [2.75, 3.05) is 5.32 Å². The van der Waals surface area contributed by atoms with Gasteiger partial charge in [-0.1, -0.05) is 13.3 Å². The van der Waals surface area contributed by atoms with Crippen LogP contribution < -0.4 is 16.6 Å². The highest BCUT2D eigenvalue weighted by Crippen LogP contribution is 2.17. The van der Waals surface area contributed by atoms with Gasteiger partial charge in [-0.15, -0.1) is 0 Å². The van der Waals surface area contributed by atoms with Crippen LogP contribution >= 0.6 is 15.9 Å². The molecule has 0 aliphatic heterocycles. The Morgan fingerprint density at radius 3 is 2.89 bits per heavy atom. The molecule has 100 valence electrons. The smallest absolute Gasteiger partial charge is 0.283 e. The number of halogens is 1. The Hall–Kier alpha value is -1.37. The summed E-state index contributed by atoms with van der Waals surface area (Å²) in [6.45, 7) is 4.25. The summed E-state index contributed by atoms with van der Waals surface area (Å²) in [5.74, 6) is -0.489. The number of amides is 1. The van der Waals surface area contributed by atoms with Crippen LogP contribution in [0.2, 0.25) is 0 Å². The number of nitrogens with zero attached hydrogens (tertiary/aromatic N) is 2. The van der Waals surface area contributed by atoms with Crippen molar-refractivity contribution in [2.24, 2.45) is 5.73 Å². The Morgan fingerprint density at radius 1 is 1.67 bits per heavy atom. The van der Waals surface area contributed by atoms with Gasteiger partial charge in [0.15, 0.2) is 0 Å². The highest BCUT2D eigenvalue weighted by molar-refractivity contribution is 9.10. The van der Waals surface area contributed by atoms with E-state index in [2.05, 4.69) is 26.3 Å². The van der Waals surface area contributed by atoms with Gasteiger partial charge in [0, 0.05) is 6.54 Å². The van der Waals surface area contributed by atoms with Gasteiger partial charge < -0.3 is 11.1 Å². The second-order valence-corrected chi connectivity index (χ2v) is 4.82. The Bertz CT molecular complexity index is 486. The van der Waals surface area contributed by atoms with Gasteiger partial charge in [0.05, 0.1) is 11.9 Å². The third-order valence-corrected chi connectivity index (χ3v) is 3.27. The normalized spacial score (nSPS) is 12.2. The molecule has 1 aromatic rings. The van der Waals surface area contributed by atoms with Crippen molar-refractivity contribution in [1.82, 2.24) is 9.78 Å². The van der Waals surface area contributed by atoms with E-state index in [1.807, 2.05) is 6.92 Å². The first-order chi connectivity index (χ1) is 8.47. The fraction of sp³-hybridized carbons (Fsp3) is 0.545. The van der Waals surface area contributed by atoms with Crippen LogP contribution in [0.1, 0.15) is 26.7 Å². The molecule has 1 amide bonds. The maximum Gasteiger partial charge on any atom is 0.283 e. The van der Waals surface area contributed by atoms with Crippen LogP contribution in [0.25, 0.3) is 0 Å². The molecule has 1 rings (SSSR count). The summed E-state index contributed by atoms with van der Waals surface area (Å²) in [5.41, 5.74) is 5.40. The first-order valence-electron chi connectivity index (χ1n) is 5.78. The Morgan fingerprint density at radius 2 is 2.33 bits per heavy atom. The maximum atomic E-state index is 11.9. The van der Waals surface area contributed by atoms with E-state index in [0.29, 0.717) is 16.7 Å². The molecule has 7 heteroatoms. The lowest BCUT2D eigenvalue weighted by atomic mass is 10.3. The number of nitrogens with one attached hydrogen (secondary N) is 1. The van der Waals surface area contributed by atoms with E-state index in [1.54, 1.807) is 6.92 Å². The standard InChI is InChI=1S/C11H17BrN4O2/c1-3-4-5-16-11(18)9(12)8(6-14-16)15-7(2)10(13)17/h6-7,15H,3-5H2,1-2H3,(H2,13,17). The molecule has 0 radical (unpaired) electrons. The van der Waals surface area contributed by atoms with E-state index in [4.69, 9.17) is 5.73 Å². The topological polar surface area (TPSA) is 90.0 Å². The van der Waals surface area contributed by atoms with Crippen LogP contribution in [0.4, 0.5) is 5.69 Å². The summed E-state index contributed by atoms with van der Waals surface area (Å²) in [6, 6.07) is -0.561. The molecule has 1 unspecified atom stereocenters. The molecule has 0 aliphatic rings. The number of hydrogen-bond donors (Lipinski definition) is 2. The lowest BCUT2D eigenvalue weighted by Crippen LogP contribution is -2.34. The number of nitrogens with two attached hydrogens (primary N) is 1. The van der Waals surface area contributed by atoms with Crippen molar-refractivity contribution in [3.05, 3.63) is 21.0 Å². The molecule has 3 N–H and O–H groups in total. The van der Waals surface area contributed by atoms with Gasteiger partial charge in [-0.3, -0.25) is 9.59 Å². The quantitative estimate of drug-likeness (QED) is 0.822. The number of carbonyl (C=O) groups is 1. The minimum Gasteiger partial charge on any atom is -0.372 e. The van der Waals surface area contributed by atoms with Crippen LogP contribution in [-0.4, -0.2) is 21.7 Å². The van der Waals surface area contributed by atoms with Crippen molar-refractivity contribution in [3.63, 3.8) is 0 Å². The number of unbranched alkanes of at least 4 members (excludes halogenated alkanes) is 1. The molecule has 1 atom stereocenters. The van der Waals surface area contributed by atoms with E-state index >= 15 is 0 Å². The predicted molar refractivity (Wildman–Crippen MR) is 73.4 cm³/mol. The molecular formula is C11H17BrN4O2. The molecule has 18 heavy (non-hydrogen) atoms. The summed E-state index contributed by atoms with van der Waals surface area (Å²) in [5, 5.41) is 6.89. The zero-order valence-corrected chi connectivity index (χ0v) is 12.0. The minimum atomic E-state index is -0.561. The summed E-state index contributed by atoms with van der Waals surface area (Å²) in [6.07, 6.45) is 3.40. The Labute approximate surface area is 114 Å². The summed E-state index contributed by atoms with van der Waals surface area (Å²) >= 11 is 3.21. The van der Waals surface area contributed by atoms with Crippen molar-refractivity contribution < 1.29 is 4.79 Å². The average molecular weight is 317 g/mol. The third kappa shape index (κ3) is 3.56. The van der Waals surface area contributed by atoms with Gasteiger partial charge in [0.1, 0.15) is 10.5 Å². The first kappa shape index (κ1) is 14.7. The fourth-order valence-electron chi connectivity index (χ4n) is 1.34. The Kier molecular flexibility index (Phi) is 5.33. The van der Waals surface area contributed by atoms with Crippen molar-refractivity contribution >= 4 is 27.5 Å². The second kappa shape index (κ2) is 6.53. The third-order valence-electron chi connectivity index (χ3n) is 2.51. The molecule has 1 aromatic heterocycles. The molecule has 1 heterocycles. The molecule has 0 aliphatic carbocycles. The largest absolute Gasteiger partial charge is 0.372 e. The number of hydrogen-bond acceptors (Lipinski definition) is 4. The van der Waals surface area contributed by atoms with Gasteiger partial charge in [0.2, 0.25) is 5.91 Å². The molecule has 0 saturated carbocycles. The van der Waals surface area contributed by atoms with Crippen LogP contribution in [0, 0.1) is 0 Å². The monoisotopic (exact) mass is 316 g/mol. The first-order valence-corrected chi connectivity index (χ1v) is 6.58. The lowest BCUT2D eigenvalue weighted by Gasteiger charge is -2.13. The second-order valence-electron chi connectivity index (χ2n) is 4.02. The van der Waals surface area contributed by atoms with Crippen LogP contribution in [0.5, 0.6) is 0 Å². The van der Waals surface area contributed by atoms with E-state index < -0.39 is 11.9 Å². The highest BCUT2D eigenvalue weighted by atomic mass is 79.9. The van der Waals surface area contributed by atoms with Crippen molar-refractivity contribution in [2.45, 2.75) is 39.3 Å². The average Bonchev–Trinajstić information content (AvgIpc) is 2.34. The molecular weight excluding hydrogens is 300 g/mol. The zero-order chi connectivity index (χ0) is 13.7. The SMILES string of the molecule is CCCCn1ncc(NC(C)C(N)=O)c(Br)c1=O. The van der Waals surface area contributed by atoms with Gasteiger partial charge in [-0.25, -0.2) is 4.68 Å². The van der Waals surface area contributed by atoms with E-state index in [0.717, 1.165) is 12.8 Å². The molecule has 0 fully saturated rings. The number of anilines is 1. The number of carbonyl (C=O) groups excluding carboxylic acids is 1. The molecule has 0 spiro atoms. The highest BCUT2D eigenvalue weighted by Gasteiger charge is 2.13. The van der Waals surface area contributed by atoms with Gasteiger partial charge >= 0.3 is 0 Å². The van der Waals surface area contributed by atoms with Gasteiger partial charge in [-0.2, -0.15) is 5.10 Å². The lowest BCUT2D eigenvalue weighted by molar-refractivity contribution is -0.118. The van der Waals surface area contributed by atoms with Crippen molar-refractivity contribution in [3.8, 4) is 0 Å².